The summed E-state index contributed by atoms with van der Waals surface area (Å²) in [5.41, 5.74) is 1.21. The number of methoxy groups -OCH3 is 1. The van der Waals surface area contributed by atoms with E-state index in [2.05, 4.69) is 28.0 Å². The average Bonchev–Trinajstić information content (AvgIpc) is 3.07. The van der Waals surface area contributed by atoms with Crippen molar-refractivity contribution in [2.24, 2.45) is 5.41 Å². The summed E-state index contributed by atoms with van der Waals surface area (Å²) in [6.45, 7) is 5.45. The molecule has 1 atom stereocenters. The number of rotatable bonds is 6. The smallest absolute Gasteiger partial charge is 0.222 e. The molecule has 1 aromatic heterocycles. The molecule has 0 bridgehead atoms. The molecule has 0 saturated carbocycles. The molecule has 0 unspecified atom stereocenters. The topological polar surface area (TPSA) is 45.9 Å². The Morgan fingerprint density at radius 1 is 1.22 bits per heavy atom. The second-order valence-corrected chi connectivity index (χ2v) is 8.23. The summed E-state index contributed by atoms with van der Waals surface area (Å²) in [6.07, 6.45) is 5.04. The van der Waals surface area contributed by atoms with Crippen LogP contribution in [0.2, 0.25) is 0 Å². The summed E-state index contributed by atoms with van der Waals surface area (Å²) in [6, 6.07) is 10.4. The molecule has 0 aliphatic carbocycles. The van der Waals surface area contributed by atoms with Crippen molar-refractivity contribution < 1.29 is 13.9 Å². The van der Waals surface area contributed by atoms with Crippen molar-refractivity contribution in [2.45, 2.75) is 38.6 Å². The molecular weight excluding hydrogens is 340 g/mol. The summed E-state index contributed by atoms with van der Waals surface area (Å²) in [5.74, 6) is 1.35. The molecule has 5 heteroatoms. The van der Waals surface area contributed by atoms with Gasteiger partial charge in [-0.1, -0.05) is 18.2 Å². The van der Waals surface area contributed by atoms with Crippen LogP contribution in [0.1, 0.15) is 37.9 Å². The first kappa shape index (κ1) is 18.5. The fraction of sp³-hybridized carbons (Fsp3) is 0.591. The Balaban J connectivity index is 1.41. The number of hydrogen-bond donors (Lipinski definition) is 0. The Kier molecular flexibility index (Phi) is 5.50. The Bertz CT molecular complexity index is 754. The molecule has 5 nitrogen and oxygen atoms in total. The molecule has 0 N–H and O–H groups in total. The van der Waals surface area contributed by atoms with Gasteiger partial charge in [0, 0.05) is 50.6 Å². The lowest BCUT2D eigenvalue weighted by Crippen LogP contribution is -2.54. The van der Waals surface area contributed by atoms with Crippen molar-refractivity contribution in [3.8, 4) is 0 Å². The predicted octanol–water partition coefficient (Wildman–Crippen LogP) is 3.67. The molecule has 146 valence electrons. The minimum atomic E-state index is 0.241. The first-order valence-electron chi connectivity index (χ1n) is 10.1. The fourth-order valence-corrected chi connectivity index (χ4v) is 4.82. The maximum Gasteiger partial charge on any atom is 0.222 e. The van der Waals surface area contributed by atoms with Crippen LogP contribution in [0.5, 0.6) is 0 Å². The standard InChI is InChI=1S/C22H30N2O3/c1-26-13-5-12-24-17-22(10-8-21(24)25)9-4-11-23(16-22)15-19-14-18-6-2-3-7-20(18)27-19/h2-3,6-7,14H,4-5,8-13,15-17H2,1H3/t22-/m0/s1. The Morgan fingerprint density at radius 2 is 2.11 bits per heavy atom. The van der Waals surface area contributed by atoms with E-state index >= 15 is 0 Å². The molecule has 2 aliphatic rings. The first-order chi connectivity index (χ1) is 13.2. The molecule has 27 heavy (non-hydrogen) atoms. The van der Waals surface area contributed by atoms with E-state index < -0.39 is 0 Å². The second kappa shape index (κ2) is 8.03. The normalized spacial score (nSPS) is 24.2. The zero-order chi connectivity index (χ0) is 18.7. The number of ether oxygens (including phenoxy) is 1. The molecule has 3 heterocycles. The van der Waals surface area contributed by atoms with Crippen LogP contribution in [0.4, 0.5) is 0 Å². The van der Waals surface area contributed by atoms with Crippen molar-refractivity contribution >= 4 is 16.9 Å². The van der Waals surface area contributed by atoms with Crippen LogP contribution in [0.3, 0.4) is 0 Å². The van der Waals surface area contributed by atoms with E-state index in [-0.39, 0.29) is 5.41 Å². The maximum atomic E-state index is 12.3. The molecular formula is C22H30N2O3. The summed E-state index contributed by atoms with van der Waals surface area (Å²) >= 11 is 0. The number of furan rings is 1. The van der Waals surface area contributed by atoms with Gasteiger partial charge in [0.2, 0.25) is 5.91 Å². The second-order valence-electron chi connectivity index (χ2n) is 8.23. The van der Waals surface area contributed by atoms with E-state index in [0.717, 1.165) is 63.5 Å². The van der Waals surface area contributed by atoms with Crippen LogP contribution in [0.15, 0.2) is 34.7 Å². The van der Waals surface area contributed by atoms with Gasteiger partial charge in [-0.05, 0) is 44.4 Å². The van der Waals surface area contributed by atoms with Gasteiger partial charge in [-0.15, -0.1) is 0 Å². The Morgan fingerprint density at radius 3 is 2.96 bits per heavy atom. The van der Waals surface area contributed by atoms with Crippen molar-refractivity contribution in [1.82, 2.24) is 9.80 Å². The van der Waals surface area contributed by atoms with Gasteiger partial charge in [-0.2, -0.15) is 0 Å². The van der Waals surface area contributed by atoms with Crippen molar-refractivity contribution in [2.75, 3.05) is 39.9 Å². The lowest BCUT2D eigenvalue weighted by Gasteiger charge is -2.48. The fourth-order valence-electron chi connectivity index (χ4n) is 4.82. The Hall–Kier alpha value is -1.85. The van der Waals surface area contributed by atoms with Gasteiger partial charge in [-0.25, -0.2) is 0 Å². The number of carbonyl (C=O) groups excluding carboxylic acids is 1. The van der Waals surface area contributed by atoms with Gasteiger partial charge in [-0.3, -0.25) is 9.69 Å². The third-order valence-electron chi connectivity index (χ3n) is 6.12. The molecule has 4 rings (SSSR count). The average molecular weight is 370 g/mol. The van der Waals surface area contributed by atoms with Gasteiger partial charge in [0.05, 0.1) is 6.54 Å². The van der Waals surface area contributed by atoms with E-state index in [1.165, 1.54) is 18.2 Å². The maximum absolute atomic E-state index is 12.3. The van der Waals surface area contributed by atoms with Crippen LogP contribution in [0, 0.1) is 5.41 Å². The summed E-state index contributed by atoms with van der Waals surface area (Å²) in [5, 5.41) is 1.17. The molecule has 1 spiro atoms. The summed E-state index contributed by atoms with van der Waals surface area (Å²) in [7, 11) is 1.72. The van der Waals surface area contributed by atoms with E-state index in [1.807, 2.05) is 12.1 Å². The monoisotopic (exact) mass is 370 g/mol. The third-order valence-corrected chi connectivity index (χ3v) is 6.12. The SMILES string of the molecule is COCCCN1C[C@@]2(CCCN(Cc3cc4ccccc4o3)C2)CCC1=O. The van der Waals surface area contributed by atoms with Crippen LogP contribution in [0.25, 0.3) is 11.0 Å². The molecule has 2 fully saturated rings. The summed E-state index contributed by atoms with van der Waals surface area (Å²) < 4.78 is 11.2. The van der Waals surface area contributed by atoms with Crippen molar-refractivity contribution in [3.05, 3.63) is 36.1 Å². The quantitative estimate of drug-likeness (QED) is 0.728. The lowest BCUT2D eigenvalue weighted by molar-refractivity contribution is -0.139. The number of para-hydroxylation sites is 1. The van der Waals surface area contributed by atoms with Gasteiger partial charge in [0.15, 0.2) is 0 Å². The first-order valence-corrected chi connectivity index (χ1v) is 10.1. The number of fused-ring (bicyclic) bond motifs is 1. The van der Waals surface area contributed by atoms with Crippen molar-refractivity contribution in [1.29, 1.82) is 0 Å². The number of amides is 1. The molecule has 1 aromatic carbocycles. The van der Waals surface area contributed by atoms with Crippen LogP contribution < -0.4 is 0 Å². The lowest BCUT2D eigenvalue weighted by atomic mass is 9.73. The van der Waals surface area contributed by atoms with E-state index in [9.17, 15) is 4.79 Å². The number of nitrogens with zero attached hydrogens (tertiary/aromatic N) is 2. The number of piperidine rings is 2. The summed E-state index contributed by atoms with van der Waals surface area (Å²) in [4.78, 5) is 16.9. The highest BCUT2D eigenvalue weighted by atomic mass is 16.5. The zero-order valence-corrected chi connectivity index (χ0v) is 16.3. The molecule has 0 radical (unpaired) electrons. The highest BCUT2D eigenvalue weighted by molar-refractivity contribution is 5.78. The largest absolute Gasteiger partial charge is 0.460 e. The highest BCUT2D eigenvalue weighted by Crippen LogP contribution is 2.39. The predicted molar refractivity (Wildman–Crippen MR) is 105 cm³/mol. The van der Waals surface area contributed by atoms with E-state index in [1.54, 1.807) is 7.11 Å². The molecule has 2 aliphatic heterocycles. The van der Waals surface area contributed by atoms with Crippen LogP contribution in [-0.4, -0.2) is 55.6 Å². The molecule has 2 aromatic rings. The number of hydrogen-bond acceptors (Lipinski definition) is 4. The van der Waals surface area contributed by atoms with Gasteiger partial charge >= 0.3 is 0 Å². The van der Waals surface area contributed by atoms with Crippen molar-refractivity contribution in [3.63, 3.8) is 0 Å². The number of carbonyl (C=O) groups is 1. The van der Waals surface area contributed by atoms with Crippen LogP contribution >= 0.6 is 0 Å². The van der Waals surface area contributed by atoms with Gasteiger partial charge in [0.1, 0.15) is 11.3 Å². The minimum Gasteiger partial charge on any atom is -0.460 e. The minimum absolute atomic E-state index is 0.241. The van der Waals surface area contributed by atoms with Crippen LogP contribution in [-0.2, 0) is 16.1 Å². The van der Waals surface area contributed by atoms with Gasteiger partial charge in [0.25, 0.3) is 0 Å². The van der Waals surface area contributed by atoms with Gasteiger partial charge < -0.3 is 14.1 Å². The number of benzene rings is 1. The van der Waals surface area contributed by atoms with E-state index in [0.29, 0.717) is 12.3 Å². The zero-order valence-electron chi connectivity index (χ0n) is 16.3. The van der Waals surface area contributed by atoms with E-state index in [4.69, 9.17) is 9.15 Å². The Labute approximate surface area is 161 Å². The third kappa shape index (κ3) is 4.19. The highest BCUT2D eigenvalue weighted by Gasteiger charge is 2.41. The molecule has 1 amide bonds. The number of likely N-dealkylation sites (tertiary alicyclic amines) is 2. The molecule has 2 saturated heterocycles.